The van der Waals surface area contributed by atoms with Crippen LogP contribution in [0.1, 0.15) is 23.2 Å². The molecule has 4 heterocycles. The Kier molecular flexibility index (Phi) is 5.77. The molecule has 0 saturated carbocycles. The standard InChI is InChI=1S/C24H27N5O3/c30-23(27-13-15-32-16-14-27)19-7-6-12-28(18-19)24(31)21-17-25-29(20-8-2-1-3-9-20)22(21)26-10-4-5-11-26/h1-5,8-11,17,19H,6-7,12-16,18H2/t19-/m1/s1. The Morgan fingerprint density at radius 1 is 0.938 bits per heavy atom. The number of hydrogen-bond acceptors (Lipinski definition) is 4. The molecule has 0 N–H and O–H groups in total. The Morgan fingerprint density at radius 3 is 2.44 bits per heavy atom. The number of para-hydroxylation sites is 1. The van der Waals surface area contributed by atoms with Crippen LogP contribution >= 0.6 is 0 Å². The number of ether oxygens (including phenoxy) is 1. The second kappa shape index (κ2) is 9.00. The van der Waals surface area contributed by atoms with Gasteiger partial charge >= 0.3 is 0 Å². The average Bonchev–Trinajstić information content (AvgIpc) is 3.54. The molecular weight excluding hydrogens is 406 g/mol. The van der Waals surface area contributed by atoms with Crippen LogP contribution in [-0.4, -0.2) is 75.4 Å². The third-order valence-corrected chi connectivity index (χ3v) is 6.20. The SMILES string of the molecule is O=C(c1cnn(-c2ccccc2)c1-n1cccc1)N1CCC[C@@H](C(=O)N2CCOCC2)C1. The van der Waals surface area contributed by atoms with Crippen LogP contribution in [0.25, 0.3) is 11.5 Å². The average molecular weight is 434 g/mol. The van der Waals surface area contributed by atoms with Crippen molar-refractivity contribution in [3.8, 4) is 11.5 Å². The minimum Gasteiger partial charge on any atom is -0.378 e. The van der Waals surface area contributed by atoms with Gasteiger partial charge in [0, 0.05) is 38.6 Å². The van der Waals surface area contributed by atoms with Crippen molar-refractivity contribution in [1.29, 1.82) is 0 Å². The van der Waals surface area contributed by atoms with Gasteiger partial charge in [0.2, 0.25) is 5.91 Å². The normalized spacial score (nSPS) is 19.2. The van der Waals surface area contributed by atoms with E-state index in [-0.39, 0.29) is 17.7 Å². The largest absolute Gasteiger partial charge is 0.378 e. The van der Waals surface area contributed by atoms with E-state index >= 15 is 0 Å². The van der Waals surface area contributed by atoms with Gasteiger partial charge in [-0.1, -0.05) is 18.2 Å². The second-order valence-corrected chi connectivity index (χ2v) is 8.25. The molecule has 8 heteroatoms. The summed E-state index contributed by atoms with van der Waals surface area (Å²) < 4.78 is 9.07. The Labute approximate surface area is 187 Å². The third-order valence-electron chi connectivity index (χ3n) is 6.20. The van der Waals surface area contributed by atoms with E-state index in [2.05, 4.69) is 5.10 Å². The lowest BCUT2D eigenvalue weighted by Crippen LogP contribution is -2.49. The molecule has 166 valence electrons. The van der Waals surface area contributed by atoms with Crippen molar-refractivity contribution in [3.05, 3.63) is 66.6 Å². The summed E-state index contributed by atoms with van der Waals surface area (Å²) in [6.07, 6.45) is 7.09. The summed E-state index contributed by atoms with van der Waals surface area (Å²) in [7, 11) is 0. The zero-order valence-corrected chi connectivity index (χ0v) is 18.0. The van der Waals surface area contributed by atoms with Crippen LogP contribution in [0.2, 0.25) is 0 Å². The lowest BCUT2D eigenvalue weighted by atomic mass is 9.96. The Bertz CT molecular complexity index is 1070. The van der Waals surface area contributed by atoms with Crippen molar-refractivity contribution in [1.82, 2.24) is 24.1 Å². The first-order valence-corrected chi connectivity index (χ1v) is 11.1. The van der Waals surface area contributed by atoms with Crippen LogP contribution in [0.5, 0.6) is 0 Å². The second-order valence-electron chi connectivity index (χ2n) is 8.25. The maximum Gasteiger partial charge on any atom is 0.259 e. The lowest BCUT2D eigenvalue weighted by Gasteiger charge is -2.36. The van der Waals surface area contributed by atoms with E-state index in [1.54, 1.807) is 10.9 Å². The molecule has 2 amide bonds. The molecule has 1 atom stereocenters. The topological polar surface area (TPSA) is 72.6 Å². The number of carbonyl (C=O) groups is 2. The van der Waals surface area contributed by atoms with E-state index in [0.29, 0.717) is 50.8 Å². The van der Waals surface area contributed by atoms with E-state index in [1.807, 2.05) is 69.2 Å². The number of hydrogen-bond donors (Lipinski definition) is 0. The fraction of sp³-hybridized carbons (Fsp3) is 0.375. The van der Waals surface area contributed by atoms with Crippen molar-refractivity contribution >= 4 is 11.8 Å². The minimum absolute atomic E-state index is 0.0876. The summed E-state index contributed by atoms with van der Waals surface area (Å²) in [4.78, 5) is 30.3. The third kappa shape index (κ3) is 3.93. The molecule has 32 heavy (non-hydrogen) atoms. The molecule has 2 saturated heterocycles. The van der Waals surface area contributed by atoms with Crippen LogP contribution < -0.4 is 0 Å². The Balaban J connectivity index is 1.41. The van der Waals surface area contributed by atoms with Crippen LogP contribution in [0.4, 0.5) is 0 Å². The van der Waals surface area contributed by atoms with Crippen molar-refractivity contribution in [2.75, 3.05) is 39.4 Å². The van der Waals surface area contributed by atoms with Gasteiger partial charge < -0.3 is 19.1 Å². The van der Waals surface area contributed by atoms with E-state index in [9.17, 15) is 9.59 Å². The van der Waals surface area contributed by atoms with Crippen LogP contribution in [0, 0.1) is 5.92 Å². The molecule has 2 fully saturated rings. The predicted octanol–water partition coefficient (Wildman–Crippen LogP) is 2.37. The number of carbonyl (C=O) groups excluding carboxylic acids is 2. The van der Waals surface area contributed by atoms with Gasteiger partial charge in [-0.05, 0) is 37.1 Å². The Hall–Kier alpha value is -3.39. The fourth-order valence-corrected chi connectivity index (χ4v) is 4.55. The first-order chi connectivity index (χ1) is 15.7. The van der Waals surface area contributed by atoms with Crippen molar-refractivity contribution in [2.45, 2.75) is 12.8 Å². The number of benzene rings is 1. The maximum atomic E-state index is 13.6. The van der Waals surface area contributed by atoms with Gasteiger partial charge in [0.15, 0.2) is 5.82 Å². The quantitative estimate of drug-likeness (QED) is 0.633. The van der Waals surface area contributed by atoms with Crippen LogP contribution in [0.3, 0.4) is 0 Å². The van der Waals surface area contributed by atoms with Gasteiger partial charge in [0.05, 0.1) is 31.0 Å². The molecule has 5 rings (SSSR count). The Morgan fingerprint density at radius 2 is 1.69 bits per heavy atom. The summed E-state index contributed by atoms with van der Waals surface area (Å²) in [6, 6.07) is 13.6. The zero-order chi connectivity index (χ0) is 21.9. The van der Waals surface area contributed by atoms with Gasteiger partial charge in [-0.25, -0.2) is 4.68 Å². The first kappa shape index (κ1) is 20.5. The molecule has 0 unspecified atom stereocenters. The highest BCUT2D eigenvalue weighted by atomic mass is 16.5. The van der Waals surface area contributed by atoms with Gasteiger partial charge in [-0.3, -0.25) is 9.59 Å². The van der Waals surface area contributed by atoms with E-state index in [0.717, 1.165) is 18.5 Å². The summed E-state index contributed by atoms with van der Waals surface area (Å²) >= 11 is 0. The van der Waals surface area contributed by atoms with E-state index in [1.165, 1.54) is 0 Å². The molecule has 1 aromatic carbocycles. The van der Waals surface area contributed by atoms with E-state index in [4.69, 9.17) is 4.74 Å². The minimum atomic E-state index is -0.162. The lowest BCUT2D eigenvalue weighted by molar-refractivity contribution is -0.141. The van der Waals surface area contributed by atoms with Crippen LogP contribution in [-0.2, 0) is 9.53 Å². The number of morpholine rings is 1. The van der Waals surface area contributed by atoms with Crippen molar-refractivity contribution < 1.29 is 14.3 Å². The van der Waals surface area contributed by atoms with Gasteiger partial charge in [0.1, 0.15) is 5.56 Å². The van der Waals surface area contributed by atoms with Gasteiger partial charge in [-0.2, -0.15) is 5.10 Å². The highest BCUT2D eigenvalue weighted by Crippen LogP contribution is 2.25. The zero-order valence-electron chi connectivity index (χ0n) is 18.0. The summed E-state index contributed by atoms with van der Waals surface area (Å²) in [5, 5.41) is 4.55. The highest BCUT2D eigenvalue weighted by molar-refractivity contribution is 5.97. The van der Waals surface area contributed by atoms with Crippen molar-refractivity contribution in [2.24, 2.45) is 5.92 Å². The van der Waals surface area contributed by atoms with Crippen LogP contribution in [0.15, 0.2) is 61.1 Å². The molecule has 8 nitrogen and oxygen atoms in total. The summed E-state index contributed by atoms with van der Waals surface area (Å²) in [6.45, 7) is 3.51. The van der Waals surface area contributed by atoms with Gasteiger partial charge in [0.25, 0.3) is 5.91 Å². The molecule has 0 spiro atoms. The fourth-order valence-electron chi connectivity index (χ4n) is 4.55. The van der Waals surface area contributed by atoms with E-state index < -0.39 is 0 Å². The number of rotatable bonds is 4. The number of nitrogens with zero attached hydrogens (tertiary/aromatic N) is 5. The summed E-state index contributed by atoms with van der Waals surface area (Å²) in [5.74, 6) is 0.588. The molecule has 0 bridgehead atoms. The molecule has 2 aromatic heterocycles. The monoisotopic (exact) mass is 433 g/mol. The predicted molar refractivity (Wildman–Crippen MR) is 119 cm³/mol. The highest BCUT2D eigenvalue weighted by Gasteiger charge is 2.33. The van der Waals surface area contributed by atoms with Gasteiger partial charge in [-0.15, -0.1) is 0 Å². The number of amides is 2. The maximum absolute atomic E-state index is 13.6. The number of piperidine rings is 1. The first-order valence-electron chi connectivity index (χ1n) is 11.1. The molecule has 3 aromatic rings. The smallest absolute Gasteiger partial charge is 0.259 e. The molecule has 2 aliphatic rings. The number of aromatic nitrogens is 3. The molecule has 2 aliphatic heterocycles. The molecule has 0 aliphatic carbocycles. The summed E-state index contributed by atoms with van der Waals surface area (Å²) in [5.41, 5.74) is 1.42. The molecular formula is C24H27N5O3. The van der Waals surface area contributed by atoms with Crippen molar-refractivity contribution in [3.63, 3.8) is 0 Å². The molecule has 0 radical (unpaired) electrons. The number of likely N-dealkylation sites (tertiary alicyclic amines) is 1.